The van der Waals surface area contributed by atoms with E-state index in [1.54, 1.807) is 6.07 Å². The molecule has 1 aromatic heterocycles. The number of ether oxygens (including phenoxy) is 2. The molecule has 2 rings (SSSR count). The van der Waals surface area contributed by atoms with Crippen molar-refractivity contribution in [3.05, 3.63) is 30.0 Å². The van der Waals surface area contributed by atoms with Gasteiger partial charge in [0.2, 0.25) is 0 Å². The maximum atomic E-state index is 11.5. The Hall–Kier alpha value is -2.30. The van der Waals surface area contributed by atoms with E-state index in [2.05, 4.69) is 16.9 Å². The fourth-order valence-electron chi connectivity index (χ4n) is 1.99. The van der Waals surface area contributed by atoms with Crippen molar-refractivity contribution < 1.29 is 14.3 Å². The molecule has 0 aliphatic rings. The van der Waals surface area contributed by atoms with Gasteiger partial charge in [-0.2, -0.15) is 0 Å². The summed E-state index contributed by atoms with van der Waals surface area (Å²) in [6.07, 6.45) is 0.971. The van der Waals surface area contributed by atoms with E-state index in [1.165, 1.54) is 7.11 Å². The minimum Gasteiger partial charge on any atom is -0.464 e. The maximum absolute atomic E-state index is 11.5. The molecule has 0 radical (unpaired) electrons. The van der Waals surface area contributed by atoms with Crippen LogP contribution >= 0.6 is 0 Å². The first-order chi connectivity index (χ1) is 10.0. The molecule has 0 aliphatic carbocycles. The molecule has 1 atom stereocenters. The molecule has 2 aromatic rings. The molecule has 1 aromatic carbocycles. The number of hydrogen-bond acceptors (Lipinski definition) is 4. The lowest BCUT2D eigenvalue weighted by Gasteiger charge is -2.07. The van der Waals surface area contributed by atoms with Gasteiger partial charge in [-0.25, -0.2) is 4.79 Å². The van der Waals surface area contributed by atoms with Crippen molar-refractivity contribution >= 4 is 22.8 Å². The fourth-order valence-corrected chi connectivity index (χ4v) is 1.99. The Morgan fingerprint density at radius 2 is 2.14 bits per heavy atom. The summed E-state index contributed by atoms with van der Waals surface area (Å²) < 4.78 is 10.4. The van der Waals surface area contributed by atoms with Gasteiger partial charge in [0.05, 0.1) is 13.2 Å². The van der Waals surface area contributed by atoms with Crippen LogP contribution in [0.4, 0.5) is 0 Å². The van der Waals surface area contributed by atoms with Crippen LogP contribution in [0.5, 0.6) is 5.75 Å². The van der Waals surface area contributed by atoms with Crippen LogP contribution in [-0.2, 0) is 4.74 Å². The Balaban J connectivity index is 2.22. The van der Waals surface area contributed by atoms with E-state index >= 15 is 0 Å². The van der Waals surface area contributed by atoms with Crippen molar-refractivity contribution in [1.29, 1.82) is 0 Å². The molecule has 0 spiro atoms. The number of aromatic amines is 1. The number of benzene rings is 1. The summed E-state index contributed by atoms with van der Waals surface area (Å²) in [5.74, 6) is 0.928. The molecule has 0 fully saturated rings. The van der Waals surface area contributed by atoms with E-state index in [9.17, 15) is 4.79 Å². The topological polar surface area (TPSA) is 63.7 Å². The van der Waals surface area contributed by atoms with E-state index in [0.29, 0.717) is 17.3 Å². The number of methoxy groups -OCH3 is 1. The van der Waals surface area contributed by atoms with E-state index in [-0.39, 0.29) is 12.0 Å². The molecular formula is C16H20N2O3. The van der Waals surface area contributed by atoms with Crippen molar-refractivity contribution in [3.63, 3.8) is 0 Å². The van der Waals surface area contributed by atoms with Crippen LogP contribution in [0.15, 0.2) is 29.3 Å². The van der Waals surface area contributed by atoms with Crippen LogP contribution < -0.4 is 4.74 Å². The Morgan fingerprint density at radius 1 is 1.38 bits per heavy atom. The second-order valence-corrected chi connectivity index (χ2v) is 4.93. The van der Waals surface area contributed by atoms with E-state index in [4.69, 9.17) is 9.47 Å². The highest BCUT2D eigenvalue weighted by Gasteiger charge is 2.10. The normalized spacial score (nSPS) is 13.2. The minimum atomic E-state index is -0.386. The molecule has 5 heteroatoms. The number of aliphatic imine (C=N–C) groups is 1. The van der Waals surface area contributed by atoms with E-state index in [0.717, 1.165) is 17.3 Å². The van der Waals surface area contributed by atoms with Crippen molar-refractivity contribution in [2.24, 2.45) is 4.99 Å². The first-order valence-corrected chi connectivity index (χ1v) is 6.96. The summed E-state index contributed by atoms with van der Waals surface area (Å²) in [6, 6.07) is 7.59. The molecule has 0 amide bonds. The number of fused-ring (bicyclic) bond motifs is 1. The van der Waals surface area contributed by atoms with Gasteiger partial charge < -0.3 is 14.5 Å². The number of esters is 1. The molecular weight excluding hydrogens is 268 g/mol. The van der Waals surface area contributed by atoms with Gasteiger partial charge in [-0.1, -0.05) is 6.92 Å². The Labute approximate surface area is 124 Å². The highest BCUT2D eigenvalue weighted by molar-refractivity contribution is 5.95. The summed E-state index contributed by atoms with van der Waals surface area (Å²) in [7, 11) is 1.36. The predicted molar refractivity (Wildman–Crippen MR) is 83.1 cm³/mol. The Morgan fingerprint density at radius 3 is 2.81 bits per heavy atom. The van der Waals surface area contributed by atoms with Crippen molar-refractivity contribution in [2.45, 2.75) is 33.2 Å². The molecule has 0 bridgehead atoms. The number of nitrogens with one attached hydrogen (secondary N) is 1. The molecule has 0 saturated carbocycles. The van der Waals surface area contributed by atoms with E-state index < -0.39 is 0 Å². The zero-order valence-corrected chi connectivity index (χ0v) is 12.8. The van der Waals surface area contributed by atoms with Crippen molar-refractivity contribution in [1.82, 2.24) is 4.98 Å². The van der Waals surface area contributed by atoms with Crippen LogP contribution in [0.3, 0.4) is 0 Å². The largest absolute Gasteiger partial charge is 0.464 e. The van der Waals surface area contributed by atoms with Gasteiger partial charge in [0.1, 0.15) is 11.4 Å². The summed E-state index contributed by atoms with van der Waals surface area (Å²) >= 11 is 0. The third-order valence-electron chi connectivity index (χ3n) is 3.26. The average molecular weight is 288 g/mol. The zero-order chi connectivity index (χ0) is 15.4. The number of carbonyl (C=O) groups excluding carboxylic acids is 1. The third-order valence-corrected chi connectivity index (χ3v) is 3.26. The van der Waals surface area contributed by atoms with Crippen LogP contribution in [0, 0.1) is 0 Å². The number of H-pyrrole nitrogens is 1. The van der Waals surface area contributed by atoms with Crippen LogP contribution in [-0.4, -0.2) is 30.0 Å². The molecule has 1 heterocycles. The summed E-state index contributed by atoms with van der Waals surface area (Å²) in [4.78, 5) is 18.9. The third kappa shape index (κ3) is 3.62. The van der Waals surface area contributed by atoms with Gasteiger partial charge in [0, 0.05) is 23.9 Å². The Kier molecular flexibility index (Phi) is 4.62. The number of carbonyl (C=O) groups is 1. The molecule has 0 saturated heterocycles. The van der Waals surface area contributed by atoms with E-state index in [1.807, 2.05) is 32.0 Å². The van der Waals surface area contributed by atoms with Gasteiger partial charge in [-0.3, -0.25) is 4.99 Å². The second kappa shape index (κ2) is 6.43. The highest BCUT2D eigenvalue weighted by atomic mass is 16.5. The van der Waals surface area contributed by atoms with Gasteiger partial charge in [0.25, 0.3) is 0 Å². The van der Waals surface area contributed by atoms with Crippen LogP contribution in [0.1, 0.15) is 37.7 Å². The fraction of sp³-hybridized carbons (Fsp3) is 0.375. The van der Waals surface area contributed by atoms with Crippen molar-refractivity contribution in [3.8, 4) is 5.75 Å². The molecule has 21 heavy (non-hydrogen) atoms. The van der Waals surface area contributed by atoms with Gasteiger partial charge in [-0.15, -0.1) is 0 Å². The number of aromatic nitrogens is 1. The summed E-state index contributed by atoms with van der Waals surface area (Å²) in [6.45, 7) is 5.97. The lowest BCUT2D eigenvalue weighted by atomic mass is 10.2. The lowest BCUT2D eigenvalue weighted by molar-refractivity contribution is 0.0595. The second-order valence-electron chi connectivity index (χ2n) is 4.93. The molecule has 0 aliphatic heterocycles. The maximum Gasteiger partial charge on any atom is 0.354 e. The number of hydrogen-bond donors (Lipinski definition) is 1. The van der Waals surface area contributed by atoms with Crippen LogP contribution in [0.2, 0.25) is 0 Å². The first-order valence-electron chi connectivity index (χ1n) is 6.96. The summed E-state index contributed by atoms with van der Waals surface area (Å²) in [5.41, 5.74) is 1.25. The monoisotopic (exact) mass is 288 g/mol. The van der Waals surface area contributed by atoms with Crippen molar-refractivity contribution in [2.75, 3.05) is 7.11 Å². The predicted octanol–water partition coefficient (Wildman–Crippen LogP) is 3.55. The standard InChI is InChI=1S/C16H20N2O3/c1-5-10(2)17-11(3)21-13-7-6-12-8-15(16(19)20-4)18-14(12)9-13/h6-10,18H,5H2,1-4H3/b17-11-. The average Bonchev–Trinajstić information content (AvgIpc) is 2.89. The minimum absolute atomic E-state index is 0.241. The van der Waals surface area contributed by atoms with Gasteiger partial charge >= 0.3 is 5.97 Å². The summed E-state index contributed by atoms with van der Waals surface area (Å²) in [5, 5.41) is 0.930. The Bertz CT molecular complexity index is 673. The van der Waals surface area contributed by atoms with Crippen LogP contribution in [0.25, 0.3) is 10.9 Å². The smallest absolute Gasteiger partial charge is 0.354 e. The van der Waals surface area contributed by atoms with Gasteiger partial charge in [0.15, 0.2) is 5.90 Å². The molecule has 112 valence electrons. The number of nitrogens with zero attached hydrogens (tertiary/aromatic N) is 1. The lowest BCUT2D eigenvalue weighted by Crippen LogP contribution is -2.08. The number of rotatable bonds is 4. The molecule has 1 unspecified atom stereocenters. The van der Waals surface area contributed by atoms with Gasteiger partial charge in [-0.05, 0) is 31.5 Å². The highest BCUT2D eigenvalue weighted by Crippen LogP contribution is 2.22. The quantitative estimate of drug-likeness (QED) is 0.531. The zero-order valence-electron chi connectivity index (χ0n) is 12.8. The SMILES string of the molecule is CCC(C)/N=C(/C)Oc1ccc2cc(C(=O)OC)[nH]c2c1. The first kappa shape index (κ1) is 15.1. The molecule has 1 N–H and O–H groups in total. The molecule has 5 nitrogen and oxygen atoms in total.